The van der Waals surface area contributed by atoms with Crippen molar-refractivity contribution in [1.82, 2.24) is 0 Å². The van der Waals surface area contributed by atoms with Gasteiger partial charge in [0.15, 0.2) is 11.2 Å². The van der Waals surface area contributed by atoms with Gasteiger partial charge in [-0.2, -0.15) is 10.5 Å². The molecular weight excluding hydrogens is 438 g/mol. The summed E-state index contributed by atoms with van der Waals surface area (Å²) in [4.78, 5) is 15.8. The maximum atomic E-state index is 13.8. The summed E-state index contributed by atoms with van der Waals surface area (Å²) >= 11 is 3.51. The van der Waals surface area contributed by atoms with Crippen LogP contribution >= 0.6 is 15.9 Å². The summed E-state index contributed by atoms with van der Waals surface area (Å²) in [5.41, 5.74) is 0.669. The Kier molecular flexibility index (Phi) is 4.83. The summed E-state index contributed by atoms with van der Waals surface area (Å²) in [6.45, 7) is 5.69. The fourth-order valence-corrected chi connectivity index (χ4v) is 5.17. The van der Waals surface area contributed by atoms with Gasteiger partial charge in [-0.05, 0) is 29.3 Å². The Morgan fingerprint density at radius 1 is 1.10 bits per heavy atom. The Balaban J connectivity index is 2.04. The topological polar surface area (TPSA) is 67.9 Å². The molecule has 0 saturated carbocycles. The number of nitrogens with zero attached hydrogens (tertiary/aromatic N) is 3. The van der Waals surface area contributed by atoms with Crippen molar-refractivity contribution >= 4 is 33.5 Å². The minimum Gasteiger partial charge on any atom is -0.351 e. The fourth-order valence-electron chi connectivity index (χ4n) is 4.75. The number of carbonyl (C=O) groups is 1. The van der Waals surface area contributed by atoms with Crippen LogP contribution in [-0.2, 0) is 4.79 Å². The summed E-state index contributed by atoms with van der Waals surface area (Å²) in [7, 11) is 0. The lowest BCUT2D eigenvalue weighted by atomic mass is 9.68. The molecule has 0 N–H and O–H groups in total. The van der Waals surface area contributed by atoms with Crippen LogP contribution in [0.1, 0.15) is 37.8 Å². The van der Waals surface area contributed by atoms with Gasteiger partial charge in [0.2, 0.25) is 0 Å². The van der Waals surface area contributed by atoms with E-state index in [0.29, 0.717) is 0 Å². The third-order valence-corrected chi connectivity index (χ3v) is 6.62. The Labute approximate surface area is 185 Å². The highest BCUT2D eigenvalue weighted by Crippen LogP contribution is 2.56. The molecule has 0 aromatic heterocycles. The number of anilines is 1. The molecule has 2 aromatic carbocycles. The number of para-hydroxylation sites is 1. The van der Waals surface area contributed by atoms with E-state index in [4.69, 9.17) is 0 Å². The molecule has 30 heavy (non-hydrogen) atoms. The average molecular weight is 460 g/mol. The maximum absolute atomic E-state index is 13.8. The Morgan fingerprint density at radius 3 is 2.43 bits per heavy atom. The highest BCUT2D eigenvalue weighted by atomic mass is 79.9. The lowest BCUT2D eigenvalue weighted by molar-refractivity contribution is -0.127. The number of hydrogen-bond acceptors (Lipinski definition) is 4. The third-order valence-electron chi connectivity index (χ3n) is 6.13. The Morgan fingerprint density at radius 2 is 1.80 bits per heavy atom. The van der Waals surface area contributed by atoms with E-state index in [1.165, 1.54) is 0 Å². The Bertz CT molecular complexity index is 1120. The van der Waals surface area contributed by atoms with E-state index in [-0.39, 0.29) is 5.78 Å². The van der Waals surface area contributed by atoms with Crippen LogP contribution in [-0.4, -0.2) is 17.9 Å². The molecule has 0 radical (unpaired) electrons. The number of halogens is 1. The van der Waals surface area contributed by atoms with E-state index in [1.54, 1.807) is 0 Å². The van der Waals surface area contributed by atoms with Gasteiger partial charge in [0.1, 0.15) is 0 Å². The largest absolute Gasteiger partial charge is 0.351 e. The summed E-state index contributed by atoms with van der Waals surface area (Å²) in [6, 6.07) is 19.0. The zero-order valence-corrected chi connectivity index (χ0v) is 18.7. The van der Waals surface area contributed by atoms with E-state index < -0.39 is 28.8 Å². The molecule has 2 aromatic rings. The van der Waals surface area contributed by atoms with E-state index in [9.17, 15) is 15.3 Å². The lowest BCUT2D eigenvalue weighted by Crippen LogP contribution is -2.47. The van der Waals surface area contributed by atoms with Crippen LogP contribution < -0.4 is 4.90 Å². The lowest BCUT2D eigenvalue weighted by Gasteiger charge is -2.37. The Hall–Kier alpha value is -2.89. The SMILES string of the molecule is CC(C)(C)C(=O)[C@H]1[C@H](c2cccc(Br)c2)C(C#N)(C#N)[C@H]2C=Cc3ccccc3N12. The standard InChI is InChI=1S/C25H22BrN3O/c1-24(2,3)23(30)22-21(17-8-6-9-18(26)13-17)25(14-27,15-28)20-12-11-16-7-4-5-10-19(16)29(20)22/h4-13,20-22H,1-3H3/t20-,21+,22-/m1/s1. The molecule has 1 fully saturated rings. The van der Waals surface area contributed by atoms with Crippen molar-refractivity contribution in [1.29, 1.82) is 10.5 Å². The van der Waals surface area contributed by atoms with Crippen LogP contribution in [0.3, 0.4) is 0 Å². The molecule has 1 saturated heterocycles. The number of rotatable bonds is 2. The van der Waals surface area contributed by atoms with Crippen LogP contribution in [0.15, 0.2) is 59.1 Å². The van der Waals surface area contributed by atoms with Crippen molar-refractivity contribution in [3.8, 4) is 12.1 Å². The van der Waals surface area contributed by atoms with Crippen molar-refractivity contribution in [3.05, 3.63) is 70.2 Å². The molecule has 0 amide bonds. The number of hydrogen-bond donors (Lipinski definition) is 0. The first-order chi connectivity index (χ1) is 14.2. The van der Waals surface area contributed by atoms with Gasteiger partial charge >= 0.3 is 0 Å². The molecular formula is C25H22BrN3O. The van der Waals surface area contributed by atoms with Crippen molar-refractivity contribution in [2.75, 3.05) is 4.90 Å². The number of carbonyl (C=O) groups excluding carboxylic acids is 1. The van der Waals surface area contributed by atoms with Crippen molar-refractivity contribution in [2.45, 2.75) is 38.8 Å². The zero-order chi connectivity index (χ0) is 21.7. The predicted molar refractivity (Wildman–Crippen MR) is 121 cm³/mol. The molecule has 3 atom stereocenters. The van der Waals surface area contributed by atoms with Gasteiger partial charge in [0.05, 0.1) is 24.2 Å². The molecule has 0 aliphatic carbocycles. The molecule has 2 aliphatic rings. The molecule has 4 nitrogen and oxygen atoms in total. The minimum atomic E-state index is -1.39. The van der Waals surface area contributed by atoms with Crippen molar-refractivity contribution < 1.29 is 4.79 Å². The minimum absolute atomic E-state index is 0.0231. The van der Waals surface area contributed by atoms with Crippen molar-refractivity contribution in [3.63, 3.8) is 0 Å². The number of fused-ring (bicyclic) bond motifs is 3. The summed E-state index contributed by atoms with van der Waals surface area (Å²) < 4.78 is 0.854. The normalized spacial score (nSPS) is 23.8. The van der Waals surface area contributed by atoms with Crippen LogP contribution in [0.4, 0.5) is 5.69 Å². The number of ketones is 1. The van der Waals surface area contributed by atoms with Crippen LogP contribution in [0, 0.1) is 33.5 Å². The van der Waals surface area contributed by atoms with Gasteiger partial charge in [0.25, 0.3) is 0 Å². The second-order valence-electron chi connectivity index (χ2n) is 8.95. The van der Waals surface area contributed by atoms with Gasteiger partial charge in [-0.25, -0.2) is 0 Å². The highest BCUT2D eigenvalue weighted by molar-refractivity contribution is 9.10. The fraction of sp³-hybridized carbons (Fsp3) is 0.320. The van der Waals surface area contributed by atoms with Crippen LogP contribution in [0.25, 0.3) is 6.08 Å². The van der Waals surface area contributed by atoms with Crippen LogP contribution in [0.5, 0.6) is 0 Å². The molecule has 0 spiro atoms. The molecule has 0 unspecified atom stereocenters. The first-order valence-electron chi connectivity index (χ1n) is 9.92. The highest BCUT2D eigenvalue weighted by Gasteiger charge is 2.64. The second kappa shape index (κ2) is 7.11. The van der Waals surface area contributed by atoms with Gasteiger partial charge in [-0.1, -0.05) is 79.2 Å². The third kappa shape index (κ3) is 2.89. The van der Waals surface area contributed by atoms with Gasteiger partial charge < -0.3 is 4.90 Å². The van der Waals surface area contributed by atoms with Gasteiger partial charge in [-0.3, -0.25) is 4.79 Å². The maximum Gasteiger partial charge on any atom is 0.176 e. The first kappa shape index (κ1) is 20.4. The quantitative estimate of drug-likeness (QED) is 0.597. The second-order valence-corrected chi connectivity index (χ2v) is 9.87. The molecule has 2 aliphatic heterocycles. The predicted octanol–water partition coefficient (Wildman–Crippen LogP) is 5.47. The molecule has 4 rings (SSSR count). The number of Topliss-reactive ketones (excluding diaryl/α,β-unsaturated/α-hetero) is 1. The van der Waals surface area contributed by atoms with E-state index in [0.717, 1.165) is 21.3 Å². The summed E-state index contributed by atoms with van der Waals surface area (Å²) in [5.74, 6) is -0.563. The monoisotopic (exact) mass is 459 g/mol. The first-order valence-corrected chi connectivity index (χ1v) is 10.7. The average Bonchev–Trinajstić information content (AvgIpc) is 3.03. The van der Waals surface area contributed by atoms with E-state index in [1.807, 2.05) is 86.4 Å². The van der Waals surface area contributed by atoms with E-state index in [2.05, 4.69) is 28.1 Å². The molecule has 2 heterocycles. The van der Waals surface area contributed by atoms with Crippen LogP contribution in [0.2, 0.25) is 0 Å². The zero-order valence-electron chi connectivity index (χ0n) is 17.1. The van der Waals surface area contributed by atoms with Gasteiger partial charge in [0, 0.05) is 21.5 Å². The summed E-state index contributed by atoms with van der Waals surface area (Å²) in [6.07, 6.45) is 3.87. The van der Waals surface area contributed by atoms with Gasteiger partial charge in [-0.15, -0.1) is 0 Å². The summed E-state index contributed by atoms with van der Waals surface area (Å²) in [5, 5.41) is 20.7. The van der Waals surface area contributed by atoms with Crippen molar-refractivity contribution in [2.24, 2.45) is 10.8 Å². The molecule has 5 heteroatoms. The molecule has 150 valence electrons. The molecule has 0 bridgehead atoms. The van der Waals surface area contributed by atoms with E-state index >= 15 is 0 Å². The number of nitriles is 2. The smallest absolute Gasteiger partial charge is 0.176 e. The number of benzene rings is 2.